The van der Waals surface area contributed by atoms with Gasteiger partial charge in [0.1, 0.15) is 11.9 Å². The molecule has 1 amide bonds. The maximum absolute atomic E-state index is 12.7. The van der Waals surface area contributed by atoms with Gasteiger partial charge in [0.25, 0.3) is 0 Å². The van der Waals surface area contributed by atoms with Gasteiger partial charge in [0, 0.05) is 38.4 Å². The quantitative estimate of drug-likeness (QED) is 0.501. The number of nitrogens with zero attached hydrogens (tertiary/aromatic N) is 2. The summed E-state index contributed by atoms with van der Waals surface area (Å²) >= 11 is 0. The zero-order valence-corrected chi connectivity index (χ0v) is 20.9. The van der Waals surface area contributed by atoms with Crippen molar-refractivity contribution in [2.24, 2.45) is 5.41 Å². The predicted octanol–water partition coefficient (Wildman–Crippen LogP) is 4.31. The molecule has 1 aromatic rings. The van der Waals surface area contributed by atoms with Gasteiger partial charge in [0.15, 0.2) is 0 Å². The number of methoxy groups -OCH3 is 1. The number of carbonyl (C=O) groups is 2. The van der Waals surface area contributed by atoms with Crippen LogP contribution in [0.5, 0.6) is 5.75 Å². The van der Waals surface area contributed by atoms with Crippen molar-refractivity contribution in [3.8, 4) is 5.75 Å². The lowest BCUT2D eigenvalue weighted by molar-refractivity contribution is -0.161. The zero-order chi connectivity index (χ0) is 23.7. The van der Waals surface area contributed by atoms with E-state index in [4.69, 9.17) is 9.47 Å². The molecule has 180 valence electrons. The second kappa shape index (κ2) is 12.2. The Morgan fingerprint density at radius 1 is 1.16 bits per heavy atom. The standard InChI is InChI=1S/C26H42N2O4/c1-7-27(20(2)19-21-10-12-22(31-6)13-11-21)16-8-9-24(29)28-17-14-23(15-18-28)32-25(30)26(3,4)5/h10-13,20,23H,7-9,14-19H2,1-6H3. The molecule has 1 fully saturated rings. The van der Waals surface area contributed by atoms with Gasteiger partial charge >= 0.3 is 5.97 Å². The molecule has 0 bridgehead atoms. The topological polar surface area (TPSA) is 59.1 Å². The molecule has 0 radical (unpaired) electrons. The van der Waals surface area contributed by atoms with Crippen LogP contribution in [0.15, 0.2) is 24.3 Å². The second-order valence-corrected chi connectivity index (χ2v) is 9.87. The van der Waals surface area contributed by atoms with E-state index in [-0.39, 0.29) is 18.0 Å². The van der Waals surface area contributed by atoms with Crippen molar-refractivity contribution in [3.05, 3.63) is 29.8 Å². The second-order valence-electron chi connectivity index (χ2n) is 9.87. The number of piperidine rings is 1. The van der Waals surface area contributed by atoms with Gasteiger partial charge in [-0.15, -0.1) is 0 Å². The number of esters is 1. The minimum atomic E-state index is -0.484. The van der Waals surface area contributed by atoms with E-state index in [9.17, 15) is 9.59 Å². The first-order valence-corrected chi connectivity index (χ1v) is 12.0. The van der Waals surface area contributed by atoms with Crippen LogP contribution in [-0.2, 0) is 20.7 Å². The number of hydrogen-bond acceptors (Lipinski definition) is 5. The predicted molar refractivity (Wildman–Crippen MR) is 128 cm³/mol. The highest BCUT2D eigenvalue weighted by Gasteiger charge is 2.29. The molecule has 32 heavy (non-hydrogen) atoms. The van der Waals surface area contributed by atoms with E-state index in [0.29, 0.717) is 25.6 Å². The third kappa shape index (κ3) is 8.12. The number of amides is 1. The van der Waals surface area contributed by atoms with Crippen molar-refractivity contribution in [2.75, 3.05) is 33.3 Å². The average molecular weight is 447 g/mol. The van der Waals surface area contributed by atoms with Crippen LogP contribution in [-0.4, -0.2) is 67.1 Å². The highest BCUT2D eigenvalue weighted by Crippen LogP contribution is 2.21. The molecule has 1 aromatic carbocycles. The number of rotatable bonds is 10. The molecule has 0 saturated carbocycles. The van der Waals surface area contributed by atoms with Crippen LogP contribution >= 0.6 is 0 Å². The van der Waals surface area contributed by atoms with Crippen LogP contribution in [0.25, 0.3) is 0 Å². The van der Waals surface area contributed by atoms with E-state index in [1.165, 1.54) is 5.56 Å². The molecule has 1 aliphatic heterocycles. The molecule has 6 nitrogen and oxygen atoms in total. The lowest BCUT2D eigenvalue weighted by Gasteiger charge is -2.33. The molecule has 0 aromatic heterocycles. The molecule has 6 heteroatoms. The van der Waals surface area contributed by atoms with E-state index in [1.807, 2.05) is 37.8 Å². The van der Waals surface area contributed by atoms with Crippen molar-refractivity contribution in [2.45, 2.75) is 78.9 Å². The molecule has 1 atom stereocenters. The molecule has 0 aliphatic carbocycles. The minimum Gasteiger partial charge on any atom is -0.497 e. The Bertz CT molecular complexity index is 718. The van der Waals surface area contributed by atoms with E-state index >= 15 is 0 Å². The van der Waals surface area contributed by atoms with Gasteiger partial charge in [-0.05, 0) is 71.3 Å². The van der Waals surface area contributed by atoms with Crippen molar-refractivity contribution in [1.82, 2.24) is 9.80 Å². The number of hydrogen-bond donors (Lipinski definition) is 0. The molecule has 1 aliphatic rings. The minimum absolute atomic E-state index is 0.0693. The number of likely N-dealkylation sites (tertiary alicyclic amines) is 1. The van der Waals surface area contributed by atoms with Gasteiger partial charge in [-0.2, -0.15) is 0 Å². The fourth-order valence-electron chi connectivity index (χ4n) is 4.06. The van der Waals surface area contributed by atoms with Crippen molar-refractivity contribution in [3.63, 3.8) is 0 Å². The van der Waals surface area contributed by atoms with E-state index < -0.39 is 5.41 Å². The summed E-state index contributed by atoms with van der Waals surface area (Å²) in [5.41, 5.74) is 0.811. The summed E-state index contributed by atoms with van der Waals surface area (Å²) in [5.74, 6) is 0.929. The maximum Gasteiger partial charge on any atom is 0.311 e. The SMILES string of the molecule is CCN(CCCC(=O)N1CCC(OC(=O)C(C)(C)C)CC1)C(C)Cc1ccc(OC)cc1. The first-order chi connectivity index (χ1) is 15.1. The average Bonchev–Trinajstić information content (AvgIpc) is 2.76. The number of benzene rings is 1. The zero-order valence-electron chi connectivity index (χ0n) is 20.9. The van der Waals surface area contributed by atoms with Crippen LogP contribution in [0.1, 0.15) is 65.9 Å². The van der Waals surface area contributed by atoms with Crippen LogP contribution < -0.4 is 4.74 Å². The Morgan fingerprint density at radius 3 is 2.31 bits per heavy atom. The van der Waals surface area contributed by atoms with E-state index in [2.05, 4.69) is 30.9 Å². The lowest BCUT2D eigenvalue weighted by atomic mass is 9.97. The Kier molecular flexibility index (Phi) is 10.0. The summed E-state index contributed by atoms with van der Waals surface area (Å²) in [5, 5.41) is 0. The van der Waals surface area contributed by atoms with Gasteiger partial charge in [-0.3, -0.25) is 9.59 Å². The Balaban J connectivity index is 1.71. The summed E-state index contributed by atoms with van der Waals surface area (Å²) in [6, 6.07) is 8.66. The molecule has 0 N–H and O–H groups in total. The van der Waals surface area contributed by atoms with E-state index in [0.717, 1.165) is 44.5 Å². The highest BCUT2D eigenvalue weighted by molar-refractivity contribution is 5.76. The van der Waals surface area contributed by atoms with Gasteiger partial charge in [-0.25, -0.2) is 0 Å². The Labute approximate surface area is 194 Å². The third-order valence-electron chi connectivity index (χ3n) is 6.24. The van der Waals surface area contributed by atoms with Crippen LogP contribution in [0, 0.1) is 5.41 Å². The summed E-state index contributed by atoms with van der Waals surface area (Å²) in [7, 11) is 1.68. The van der Waals surface area contributed by atoms with Crippen LogP contribution in [0.3, 0.4) is 0 Å². The third-order valence-corrected chi connectivity index (χ3v) is 6.24. The molecule has 1 unspecified atom stereocenters. The van der Waals surface area contributed by atoms with Gasteiger partial charge in [-0.1, -0.05) is 19.1 Å². The molecule has 1 heterocycles. The number of carbonyl (C=O) groups excluding carboxylic acids is 2. The molecular formula is C26H42N2O4. The van der Waals surface area contributed by atoms with Crippen molar-refractivity contribution < 1.29 is 19.1 Å². The Morgan fingerprint density at radius 2 is 1.78 bits per heavy atom. The summed E-state index contributed by atoms with van der Waals surface area (Å²) < 4.78 is 10.8. The fourth-order valence-corrected chi connectivity index (χ4v) is 4.06. The number of likely N-dealkylation sites (N-methyl/N-ethyl adjacent to an activating group) is 1. The maximum atomic E-state index is 12.7. The van der Waals surface area contributed by atoms with Crippen LogP contribution in [0.2, 0.25) is 0 Å². The van der Waals surface area contributed by atoms with Crippen molar-refractivity contribution >= 4 is 11.9 Å². The van der Waals surface area contributed by atoms with Gasteiger partial charge in [0.05, 0.1) is 12.5 Å². The fraction of sp³-hybridized carbons (Fsp3) is 0.692. The summed E-state index contributed by atoms with van der Waals surface area (Å²) in [6.45, 7) is 13.3. The van der Waals surface area contributed by atoms with Crippen LogP contribution in [0.4, 0.5) is 0 Å². The highest BCUT2D eigenvalue weighted by atomic mass is 16.5. The van der Waals surface area contributed by atoms with Gasteiger partial charge in [0.2, 0.25) is 5.91 Å². The molecule has 2 rings (SSSR count). The van der Waals surface area contributed by atoms with E-state index in [1.54, 1.807) is 7.11 Å². The first kappa shape index (κ1) is 26.2. The normalized spacial score (nSPS) is 16.2. The number of ether oxygens (including phenoxy) is 2. The largest absolute Gasteiger partial charge is 0.497 e. The monoisotopic (exact) mass is 446 g/mol. The Hall–Kier alpha value is -2.08. The molecule has 1 saturated heterocycles. The summed E-state index contributed by atoms with van der Waals surface area (Å²) in [4.78, 5) is 29.1. The van der Waals surface area contributed by atoms with Gasteiger partial charge < -0.3 is 19.3 Å². The molecular weight excluding hydrogens is 404 g/mol. The smallest absolute Gasteiger partial charge is 0.311 e. The summed E-state index contributed by atoms with van der Waals surface area (Å²) in [6.07, 6.45) is 3.80. The lowest BCUT2D eigenvalue weighted by Crippen LogP contribution is -2.42. The van der Waals surface area contributed by atoms with Crippen molar-refractivity contribution in [1.29, 1.82) is 0 Å². The first-order valence-electron chi connectivity index (χ1n) is 12.0. The molecule has 0 spiro atoms.